The largest absolute Gasteiger partial charge is 0.488 e. The van der Waals surface area contributed by atoms with Crippen LogP contribution in [0.15, 0.2) is 59.0 Å². The molecule has 0 aliphatic heterocycles. The summed E-state index contributed by atoms with van der Waals surface area (Å²) in [7, 11) is 0. The van der Waals surface area contributed by atoms with Gasteiger partial charge < -0.3 is 10.5 Å². The lowest BCUT2D eigenvalue weighted by atomic mass is 10.2. The highest BCUT2D eigenvalue weighted by Crippen LogP contribution is 2.18. The number of anilines is 1. The Labute approximate surface area is 165 Å². The van der Waals surface area contributed by atoms with Crippen LogP contribution in [0.5, 0.6) is 5.75 Å². The number of ether oxygens (including phenoxy) is 1. The highest BCUT2D eigenvalue weighted by atomic mass is 35.5. The molecule has 1 aromatic heterocycles. The number of carbonyl (C=O) groups excluding carboxylic acids is 1. The number of nitrogen functional groups attached to an aromatic ring is 1. The molecule has 3 rings (SSSR count). The van der Waals surface area contributed by atoms with E-state index in [0.29, 0.717) is 28.2 Å². The Bertz CT molecular complexity index is 941. The fraction of sp³-hybridized carbons (Fsp3) is 0.105. The van der Waals surface area contributed by atoms with Crippen LogP contribution in [0.25, 0.3) is 0 Å². The second-order valence-corrected chi connectivity index (χ2v) is 6.93. The van der Waals surface area contributed by atoms with Crippen LogP contribution in [-0.4, -0.2) is 17.1 Å². The van der Waals surface area contributed by atoms with Gasteiger partial charge in [0.2, 0.25) is 5.91 Å². The van der Waals surface area contributed by atoms with Gasteiger partial charge in [-0.15, -0.1) is 11.3 Å². The first-order valence-electron chi connectivity index (χ1n) is 8.08. The first kappa shape index (κ1) is 18.9. The molecule has 2 aromatic carbocycles. The first-order chi connectivity index (χ1) is 13.1. The summed E-state index contributed by atoms with van der Waals surface area (Å²) in [6.07, 6.45) is 1.67. The Morgan fingerprint density at radius 2 is 2.04 bits per heavy atom. The van der Waals surface area contributed by atoms with Gasteiger partial charge >= 0.3 is 0 Å². The number of nitrogens with one attached hydrogen (secondary N) is 1. The Balaban J connectivity index is 1.57. The minimum atomic E-state index is -0.267. The van der Waals surface area contributed by atoms with Gasteiger partial charge in [0.1, 0.15) is 12.4 Å². The van der Waals surface area contributed by atoms with Crippen molar-refractivity contribution in [2.24, 2.45) is 5.10 Å². The van der Waals surface area contributed by atoms with Gasteiger partial charge in [-0.3, -0.25) is 4.79 Å². The van der Waals surface area contributed by atoms with E-state index in [0.717, 1.165) is 11.1 Å². The van der Waals surface area contributed by atoms with E-state index < -0.39 is 0 Å². The number of amides is 1. The molecule has 138 valence electrons. The van der Waals surface area contributed by atoms with Crippen LogP contribution >= 0.6 is 22.9 Å². The molecule has 0 unspecified atom stereocenters. The normalized spacial score (nSPS) is 10.9. The summed E-state index contributed by atoms with van der Waals surface area (Å²) in [5, 5.41) is 6.86. The van der Waals surface area contributed by atoms with E-state index in [-0.39, 0.29) is 12.3 Å². The van der Waals surface area contributed by atoms with Gasteiger partial charge in [0.15, 0.2) is 5.13 Å². The molecule has 0 spiro atoms. The van der Waals surface area contributed by atoms with Crippen LogP contribution in [0.3, 0.4) is 0 Å². The van der Waals surface area contributed by atoms with Crippen molar-refractivity contribution in [1.82, 2.24) is 10.4 Å². The lowest BCUT2D eigenvalue weighted by Gasteiger charge is -2.09. The molecule has 0 saturated carbocycles. The molecule has 0 atom stereocenters. The van der Waals surface area contributed by atoms with Crippen LogP contribution in [-0.2, 0) is 17.8 Å². The van der Waals surface area contributed by atoms with Gasteiger partial charge in [-0.2, -0.15) is 5.10 Å². The molecule has 8 heteroatoms. The molecule has 0 aliphatic carbocycles. The summed E-state index contributed by atoms with van der Waals surface area (Å²) < 4.78 is 5.85. The zero-order valence-electron chi connectivity index (χ0n) is 14.3. The zero-order chi connectivity index (χ0) is 19.1. The summed E-state index contributed by atoms with van der Waals surface area (Å²) in [6.45, 7) is 0.402. The maximum Gasteiger partial charge on any atom is 0.246 e. The third-order valence-electron chi connectivity index (χ3n) is 3.53. The Hall–Kier alpha value is -2.90. The molecule has 0 bridgehead atoms. The van der Waals surface area contributed by atoms with E-state index in [9.17, 15) is 4.79 Å². The SMILES string of the molecule is Nc1nc(CC(=O)N/N=C/c2ccccc2OCc2ccc(Cl)cc2)cs1. The summed E-state index contributed by atoms with van der Waals surface area (Å²) in [4.78, 5) is 15.9. The maximum atomic E-state index is 11.9. The highest BCUT2D eigenvalue weighted by molar-refractivity contribution is 7.13. The molecule has 0 fully saturated rings. The van der Waals surface area contributed by atoms with Gasteiger partial charge in [-0.05, 0) is 29.8 Å². The van der Waals surface area contributed by atoms with Crippen LogP contribution in [0.4, 0.5) is 5.13 Å². The topological polar surface area (TPSA) is 89.6 Å². The third kappa shape index (κ3) is 5.80. The van der Waals surface area contributed by atoms with E-state index in [1.807, 2.05) is 48.5 Å². The molecule has 3 N–H and O–H groups in total. The van der Waals surface area contributed by atoms with Crippen molar-refractivity contribution < 1.29 is 9.53 Å². The summed E-state index contributed by atoms with van der Waals surface area (Å²) in [5.41, 5.74) is 10.4. The number of halogens is 1. The number of hydrazone groups is 1. The Morgan fingerprint density at radius 1 is 1.26 bits per heavy atom. The van der Waals surface area contributed by atoms with Gasteiger partial charge in [-0.25, -0.2) is 10.4 Å². The second kappa shape index (κ2) is 9.16. The van der Waals surface area contributed by atoms with Crippen LogP contribution in [0, 0.1) is 0 Å². The molecular weight excluding hydrogens is 384 g/mol. The van der Waals surface area contributed by atoms with E-state index in [1.54, 1.807) is 11.6 Å². The summed E-state index contributed by atoms with van der Waals surface area (Å²) in [5.74, 6) is 0.397. The van der Waals surface area contributed by atoms with Gasteiger partial charge in [-0.1, -0.05) is 35.9 Å². The van der Waals surface area contributed by atoms with Crippen molar-refractivity contribution in [3.8, 4) is 5.75 Å². The molecule has 27 heavy (non-hydrogen) atoms. The van der Waals surface area contributed by atoms with Gasteiger partial charge in [0.05, 0.1) is 18.3 Å². The Kier molecular flexibility index (Phi) is 6.40. The molecule has 3 aromatic rings. The van der Waals surface area contributed by atoms with E-state index in [4.69, 9.17) is 22.1 Å². The number of nitrogens with two attached hydrogens (primary N) is 1. The fourth-order valence-electron chi connectivity index (χ4n) is 2.24. The quantitative estimate of drug-likeness (QED) is 0.468. The molecular formula is C19H17ClN4O2S. The average Bonchev–Trinajstić information content (AvgIpc) is 3.07. The van der Waals surface area contributed by atoms with Gasteiger partial charge in [0.25, 0.3) is 0 Å². The van der Waals surface area contributed by atoms with E-state index in [1.165, 1.54) is 11.3 Å². The van der Waals surface area contributed by atoms with Crippen molar-refractivity contribution in [2.75, 3.05) is 5.73 Å². The number of nitrogens with zero attached hydrogens (tertiary/aromatic N) is 2. The predicted molar refractivity (Wildman–Crippen MR) is 108 cm³/mol. The van der Waals surface area contributed by atoms with Crippen molar-refractivity contribution in [2.45, 2.75) is 13.0 Å². The average molecular weight is 401 g/mol. The van der Waals surface area contributed by atoms with Gasteiger partial charge in [0, 0.05) is 16.0 Å². The van der Waals surface area contributed by atoms with Crippen molar-refractivity contribution in [3.63, 3.8) is 0 Å². The highest BCUT2D eigenvalue weighted by Gasteiger charge is 2.06. The number of thiazole rings is 1. The predicted octanol–water partition coefficient (Wildman–Crippen LogP) is 3.65. The maximum absolute atomic E-state index is 11.9. The molecule has 1 amide bonds. The van der Waals surface area contributed by atoms with Crippen LogP contribution < -0.4 is 15.9 Å². The third-order valence-corrected chi connectivity index (χ3v) is 4.51. The standard InChI is InChI=1S/C19H17ClN4O2S/c20-15-7-5-13(6-8-15)11-26-17-4-2-1-3-14(17)10-22-24-18(25)9-16-12-27-19(21)23-16/h1-8,10,12H,9,11H2,(H2,21,23)(H,24,25)/b22-10+. The van der Waals surface area contributed by atoms with Crippen molar-refractivity contribution in [3.05, 3.63) is 75.8 Å². The molecule has 0 aliphatic rings. The van der Waals surface area contributed by atoms with Crippen LogP contribution in [0.2, 0.25) is 5.02 Å². The Morgan fingerprint density at radius 3 is 2.78 bits per heavy atom. The molecule has 0 radical (unpaired) electrons. The smallest absolute Gasteiger partial charge is 0.246 e. The van der Waals surface area contributed by atoms with E-state index in [2.05, 4.69) is 15.5 Å². The molecule has 0 saturated heterocycles. The number of carbonyl (C=O) groups is 1. The molecule has 6 nitrogen and oxygen atoms in total. The van der Waals surface area contributed by atoms with Crippen molar-refractivity contribution in [1.29, 1.82) is 0 Å². The van der Waals surface area contributed by atoms with E-state index >= 15 is 0 Å². The van der Waals surface area contributed by atoms with Crippen LogP contribution in [0.1, 0.15) is 16.8 Å². The number of aromatic nitrogens is 1. The number of rotatable bonds is 7. The number of para-hydroxylation sites is 1. The first-order valence-corrected chi connectivity index (χ1v) is 9.34. The number of hydrogen-bond acceptors (Lipinski definition) is 6. The fourth-order valence-corrected chi connectivity index (χ4v) is 2.93. The number of benzene rings is 2. The number of hydrogen-bond donors (Lipinski definition) is 2. The summed E-state index contributed by atoms with van der Waals surface area (Å²) in [6, 6.07) is 14.9. The van der Waals surface area contributed by atoms with Crippen molar-refractivity contribution >= 4 is 40.2 Å². The lowest BCUT2D eigenvalue weighted by molar-refractivity contribution is -0.120. The zero-order valence-corrected chi connectivity index (χ0v) is 15.8. The minimum absolute atomic E-state index is 0.125. The summed E-state index contributed by atoms with van der Waals surface area (Å²) >= 11 is 7.18. The molecule has 1 heterocycles. The second-order valence-electron chi connectivity index (χ2n) is 5.60. The lowest BCUT2D eigenvalue weighted by Crippen LogP contribution is -2.20. The monoisotopic (exact) mass is 400 g/mol. The minimum Gasteiger partial charge on any atom is -0.488 e.